The Labute approximate surface area is 166 Å². The maximum Gasteiger partial charge on any atom is 0.193 e. The highest BCUT2D eigenvalue weighted by Gasteiger charge is 2.24. The number of likely N-dealkylation sites (tertiary alicyclic amines) is 1. The van der Waals surface area contributed by atoms with Crippen molar-refractivity contribution < 1.29 is 0 Å². The van der Waals surface area contributed by atoms with Gasteiger partial charge in [-0.2, -0.15) is 0 Å². The summed E-state index contributed by atoms with van der Waals surface area (Å²) in [5, 5.41) is 3.53. The van der Waals surface area contributed by atoms with Gasteiger partial charge >= 0.3 is 0 Å². The molecule has 1 fully saturated rings. The number of nitrogens with one attached hydrogen (secondary N) is 2. The largest absolute Gasteiger partial charge is 0.356 e. The summed E-state index contributed by atoms with van der Waals surface area (Å²) in [7, 11) is 1.88. The topological polar surface area (TPSA) is 56.3 Å². The monoisotopic (exact) mass is 375 g/mol. The first-order valence-corrected chi connectivity index (χ1v) is 10.2. The van der Waals surface area contributed by atoms with E-state index in [4.69, 9.17) is 0 Å². The highest BCUT2D eigenvalue weighted by molar-refractivity contribution is 5.80. The normalized spacial score (nSPS) is 17.4. The Morgan fingerprint density at radius 3 is 2.82 bits per heavy atom. The number of aromatic nitrogens is 2. The minimum absolute atomic E-state index is 0.705. The predicted octanol–water partition coefficient (Wildman–Crippen LogP) is 3.64. The van der Waals surface area contributed by atoms with Gasteiger partial charge in [0.2, 0.25) is 0 Å². The zero-order valence-electron chi connectivity index (χ0n) is 16.6. The van der Waals surface area contributed by atoms with Crippen LogP contribution in [0.4, 0.5) is 0 Å². The SMILES string of the molecule is CN=C(NCCCc1nc2ccccc2[nH]1)N1CCC(Cc2ccccc2)C1. The quantitative estimate of drug-likeness (QED) is 0.393. The van der Waals surface area contributed by atoms with Crippen molar-refractivity contribution in [2.75, 3.05) is 26.7 Å². The third-order valence-corrected chi connectivity index (χ3v) is 5.48. The van der Waals surface area contributed by atoms with Crippen LogP contribution in [0.25, 0.3) is 11.0 Å². The molecule has 5 nitrogen and oxygen atoms in total. The van der Waals surface area contributed by atoms with Gasteiger partial charge < -0.3 is 15.2 Å². The Morgan fingerprint density at radius 1 is 1.18 bits per heavy atom. The Bertz CT molecular complexity index is 882. The average Bonchev–Trinajstić information content (AvgIpc) is 3.35. The van der Waals surface area contributed by atoms with Crippen LogP contribution in [0.1, 0.15) is 24.2 Å². The summed E-state index contributed by atoms with van der Waals surface area (Å²) in [6.07, 6.45) is 4.35. The molecule has 3 aromatic rings. The maximum atomic E-state index is 4.65. The van der Waals surface area contributed by atoms with Crippen LogP contribution in [0.15, 0.2) is 59.6 Å². The second-order valence-electron chi connectivity index (χ2n) is 7.57. The molecule has 4 rings (SSSR count). The number of aliphatic imine (C=N–C) groups is 1. The second-order valence-corrected chi connectivity index (χ2v) is 7.57. The van der Waals surface area contributed by atoms with Crippen LogP contribution in [0.5, 0.6) is 0 Å². The lowest BCUT2D eigenvalue weighted by Crippen LogP contribution is -2.40. The lowest BCUT2D eigenvalue weighted by molar-refractivity contribution is 0.459. The van der Waals surface area contributed by atoms with E-state index in [0.29, 0.717) is 5.92 Å². The van der Waals surface area contributed by atoms with Crippen LogP contribution in [-0.2, 0) is 12.8 Å². The van der Waals surface area contributed by atoms with E-state index in [1.165, 1.54) is 12.0 Å². The van der Waals surface area contributed by atoms with Gasteiger partial charge in [-0.05, 0) is 42.9 Å². The van der Waals surface area contributed by atoms with Gasteiger partial charge in [0, 0.05) is 33.1 Å². The van der Waals surface area contributed by atoms with Crippen molar-refractivity contribution in [1.29, 1.82) is 0 Å². The predicted molar refractivity (Wildman–Crippen MR) is 116 cm³/mol. The summed E-state index contributed by atoms with van der Waals surface area (Å²) < 4.78 is 0. The number of nitrogens with zero attached hydrogens (tertiary/aromatic N) is 3. The molecule has 0 aliphatic carbocycles. The minimum atomic E-state index is 0.705. The average molecular weight is 376 g/mol. The van der Waals surface area contributed by atoms with Crippen LogP contribution < -0.4 is 5.32 Å². The lowest BCUT2D eigenvalue weighted by Gasteiger charge is -2.21. The summed E-state index contributed by atoms with van der Waals surface area (Å²) in [6, 6.07) is 19.0. The number of aromatic amines is 1. The number of fused-ring (bicyclic) bond motifs is 1. The molecule has 0 radical (unpaired) electrons. The first-order valence-electron chi connectivity index (χ1n) is 10.2. The van der Waals surface area contributed by atoms with E-state index < -0.39 is 0 Å². The molecule has 1 aliphatic rings. The van der Waals surface area contributed by atoms with E-state index >= 15 is 0 Å². The van der Waals surface area contributed by atoms with Gasteiger partial charge in [0.15, 0.2) is 5.96 Å². The molecular weight excluding hydrogens is 346 g/mol. The molecule has 28 heavy (non-hydrogen) atoms. The zero-order valence-corrected chi connectivity index (χ0v) is 16.6. The number of H-pyrrole nitrogens is 1. The Kier molecular flexibility index (Phi) is 5.90. The van der Waals surface area contributed by atoms with E-state index in [0.717, 1.165) is 61.7 Å². The Balaban J connectivity index is 1.22. The second kappa shape index (κ2) is 8.91. The smallest absolute Gasteiger partial charge is 0.193 e. The van der Waals surface area contributed by atoms with Gasteiger partial charge in [-0.1, -0.05) is 42.5 Å². The number of para-hydroxylation sites is 2. The van der Waals surface area contributed by atoms with E-state index in [-0.39, 0.29) is 0 Å². The Morgan fingerprint density at radius 2 is 2.00 bits per heavy atom. The molecule has 1 aliphatic heterocycles. The van der Waals surface area contributed by atoms with Gasteiger partial charge in [-0.3, -0.25) is 4.99 Å². The van der Waals surface area contributed by atoms with Crippen molar-refractivity contribution >= 4 is 17.0 Å². The van der Waals surface area contributed by atoms with Crippen molar-refractivity contribution in [2.45, 2.75) is 25.7 Å². The molecule has 5 heteroatoms. The summed E-state index contributed by atoms with van der Waals surface area (Å²) in [4.78, 5) is 15.0. The maximum absolute atomic E-state index is 4.65. The Hall–Kier alpha value is -2.82. The van der Waals surface area contributed by atoms with E-state index in [1.807, 2.05) is 19.2 Å². The van der Waals surface area contributed by atoms with E-state index in [1.54, 1.807) is 0 Å². The number of hydrogen-bond donors (Lipinski definition) is 2. The molecule has 2 N–H and O–H groups in total. The molecule has 0 bridgehead atoms. The highest BCUT2D eigenvalue weighted by atomic mass is 15.3. The number of rotatable bonds is 6. The fraction of sp³-hybridized carbons (Fsp3) is 0.391. The molecule has 146 valence electrons. The molecular formula is C23H29N5. The summed E-state index contributed by atoms with van der Waals surface area (Å²) in [6.45, 7) is 3.07. The fourth-order valence-electron chi connectivity index (χ4n) is 4.05. The molecule has 1 unspecified atom stereocenters. The minimum Gasteiger partial charge on any atom is -0.356 e. The van der Waals surface area contributed by atoms with Crippen molar-refractivity contribution in [1.82, 2.24) is 20.2 Å². The summed E-state index contributed by atoms with van der Waals surface area (Å²) >= 11 is 0. The fourth-order valence-corrected chi connectivity index (χ4v) is 4.05. The number of hydrogen-bond acceptors (Lipinski definition) is 2. The van der Waals surface area contributed by atoms with Gasteiger partial charge in [-0.15, -0.1) is 0 Å². The highest BCUT2D eigenvalue weighted by Crippen LogP contribution is 2.21. The first-order chi connectivity index (χ1) is 13.8. The van der Waals surface area contributed by atoms with Gasteiger partial charge in [0.25, 0.3) is 0 Å². The van der Waals surface area contributed by atoms with Crippen LogP contribution >= 0.6 is 0 Å². The zero-order chi connectivity index (χ0) is 19.2. The van der Waals surface area contributed by atoms with Crippen LogP contribution in [0.2, 0.25) is 0 Å². The van der Waals surface area contributed by atoms with Gasteiger partial charge in [0.05, 0.1) is 11.0 Å². The molecule has 0 saturated carbocycles. The standard InChI is InChI=1S/C23H29N5/c1-24-23(28-15-13-19(17-28)16-18-8-3-2-4-9-18)25-14-7-12-22-26-20-10-5-6-11-21(20)27-22/h2-6,8-11,19H,7,12-17H2,1H3,(H,24,25)(H,26,27). The van der Waals surface area contributed by atoms with Crippen molar-refractivity contribution in [2.24, 2.45) is 10.9 Å². The lowest BCUT2D eigenvalue weighted by atomic mass is 9.99. The number of aryl methyl sites for hydroxylation is 1. The number of imidazole rings is 1. The third-order valence-electron chi connectivity index (χ3n) is 5.48. The summed E-state index contributed by atoms with van der Waals surface area (Å²) in [5.74, 6) is 2.79. The van der Waals surface area contributed by atoms with Crippen LogP contribution in [0.3, 0.4) is 0 Å². The van der Waals surface area contributed by atoms with Crippen LogP contribution in [0, 0.1) is 5.92 Å². The van der Waals surface area contributed by atoms with E-state index in [9.17, 15) is 0 Å². The molecule has 0 amide bonds. The van der Waals surface area contributed by atoms with E-state index in [2.05, 4.69) is 67.6 Å². The number of benzene rings is 2. The molecule has 0 spiro atoms. The van der Waals surface area contributed by atoms with Crippen molar-refractivity contribution in [3.05, 3.63) is 66.0 Å². The van der Waals surface area contributed by atoms with Crippen LogP contribution in [-0.4, -0.2) is 47.5 Å². The third kappa shape index (κ3) is 4.53. The van der Waals surface area contributed by atoms with Crippen molar-refractivity contribution in [3.8, 4) is 0 Å². The van der Waals surface area contributed by atoms with Gasteiger partial charge in [-0.25, -0.2) is 4.98 Å². The number of guanidine groups is 1. The molecule has 1 atom stereocenters. The molecule has 2 heterocycles. The first kappa shape index (κ1) is 18.5. The molecule has 1 saturated heterocycles. The molecule has 2 aromatic carbocycles. The molecule has 1 aromatic heterocycles. The van der Waals surface area contributed by atoms with Gasteiger partial charge in [0.1, 0.15) is 5.82 Å². The summed E-state index contributed by atoms with van der Waals surface area (Å²) in [5.41, 5.74) is 3.59. The van der Waals surface area contributed by atoms with Crippen molar-refractivity contribution in [3.63, 3.8) is 0 Å².